The standard InChI is InChI=1S/C17H16BrN5O/c1-11-6-7-15(8-12(11)2)23-16(20-21-22-23)10-19-17(24)13-4-3-5-14(18)9-13/h3-9H,10H2,1-2H3,(H,19,24). The fraction of sp³-hybridized carbons (Fsp3) is 0.176. The van der Waals surface area contributed by atoms with Crippen molar-refractivity contribution < 1.29 is 4.79 Å². The maximum absolute atomic E-state index is 12.2. The molecule has 0 spiro atoms. The minimum absolute atomic E-state index is 0.175. The van der Waals surface area contributed by atoms with Crippen LogP contribution in [0, 0.1) is 13.8 Å². The van der Waals surface area contributed by atoms with Crippen LogP contribution in [-0.2, 0) is 6.54 Å². The van der Waals surface area contributed by atoms with Crippen LogP contribution in [0.1, 0.15) is 27.3 Å². The van der Waals surface area contributed by atoms with E-state index in [1.807, 2.05) is 37.3 Å². The lowest BCUT2D eigenvalue weighted by Crippen LogP contribution is -2.24. The Kier molecular flexibility index (Phi) is 4.71. The van der Waals surface area contributed by atoms with E-state index in [1.54, 1.807) is 16.8 Å². The largest absolute Gasteiger partial charge is 0.345 e. The van der Waals surface area contributed by atoms with E-state index >= 15 is 0 Å². The van der Waals surface area contributed by atoms with E-state index in [9.17, 15) is 4.79 Å². The summed E-state index contributed by atoms with van der Waals surface area (Å²) in [5.74, 6) is 0.396. The van der Waals surface area contributed by atoms with Crippen LogP contribution in [0.5, 0.6) is 0 Å². The van der Waals surface area contributed by atoms with Crippen molar-refractivity contribution >= 4 is 21.8 Å². The van der Waals surface area contributed by atoms with Crippen LogP contribution < -0.4 is 5.32 Å². The van der Waals surface area contributed by atoms with Crippen LogP contribution in [0.15, 0.2) is 46.9 Å². The molecule has 0 fully saturated rings. The van der Waals surface area contributed by atoms with Crippen LogP contribution in [0.3, 0.4) is 0 Å². The number of tetrazole rings is 1. The van der Waals surface area contributed by atoms with Crippen molar-refractivity contribution in [3.05, 3.63) is 69.5 Å². The third-order valence-electron chi connectivity index (χ3n) is 3.76. The maximum Gasteiger partial charge on any atom is 0.251 e. The van der Waals surface area contributed by atoms with Gasteiger partial charge in [0.15, 0.2) is 5.82 Å². The Hall–Kier alpha value is -2.54. The molecule has 24 heavy (non-hydrogen) atoms. The second-order valence-corrected chi connectivity index (χ2v) is 6.38. The highest BCUT2D eigenvalue weighted by Crippen LogP contribution is 2.14. The molecule has 1 aromatic heterocycles. The molecular weight excluding hydrogens is 370 g/mol. The monoisotopic (exact) mass is 385 g/mol. The minimum Gasteiger partial charge on any atom is -0.345 e. The average molecular weight is 386 g/mol. The number of nitrogens with one attached hydrogen (secondary N) is 1. The molecule has 0 aliphatic rings. The summed E-state index contributed by atoms with van der Waals surface area (Å²) in [5, 5.41) is 14.6. The Bertz CT molecular complexity index is 890. The van der Waals surface area contributed by atoms with E-state index < -0.39 is 0 Å². The first-order valence-corrected chi connectivity index (χ1v) is 8.22. The van der Waals surface area contributed by atoms with Gasteiger partial charge in [0.25, 0.3) is 5.91 Å². The fourth-order valence-electron chi connectivity index (χ4n) is 2.26. The van der Waals surface area contributed by atoms with Crippen molar-refractivity contribution in [1.82, 2.24) is 25.5 Å². The molecule has 0 saturated carbocycles. The summed E-state index contributed by atoms with van der Waals surface area (Å²) in [6, 6.07) is 13.2. The zero-order valence-corrected chi connectivity index (χ0v) is 14.9. The first-order valence-electron chi connectivity index (χ1n) is 7.43. The predicted octanol–water partition coefficient (Wildman–Crippen LogP) is 2.97. The number of hydrogen-bond donors (Lipinski definition) is 1. The first kappa shape index (κ1) is 16.3. The number of amides is 1. The number of carbonyl (C=O) groups excluding carboxylic acids is 1. The second kappa shape index (κ2) is 6.92. The highest BCUT2D eigenvalue weighted by atomic mass is 79.9. The zero-order chi connectivity index (χ0) is 17.1. The molecular formula is C17H16BrN5O. The lowest BCUT2D eigenvalue weighted by molar-refractivity contribution is 0.0949. The van der Waals surface area contributed by atoms with Gasteiger partial charge in [-0.25, -0.2) is 0 Å². The third kappa shape index (κ3) is 3.51. The van der Waals surface area contributed by atoms with Crippen molar-refractivity contribution in [3.8, 4) is 5.69 Å². The number of benzene rings is 2. The molecule has 2 aromatic carbocycles. The van der Waals surface area contributed by atoms with Crippen LogP contribution in [0.4, 0.5) is 0 Å². The Morgan fingerprint density at radius 2 is 2.00 bits per heavy atom. The Morgan fingerprint density at radius 3 is 2.75 bits per heavy atom. The molecule has 1 amide bonds. The highest BCUT2D eigenvalue weighted by Gasteiger charge is 2.11. The summed E-state index contributed by atoms with van der Waals surface area (Å²) in [4.78, 5) is 12.2. The molecule has 6 nitrogen and oxygen atoms in total. The van der Waals surface area contributed by atoms with Crippen LogP contribution >= 0.6 is 15.9 Å². The summed E-state index contributed by atoms with van der Waals surface area (Å²) in [5.41, 5.74) is 3.81. The van der Waals surface area contributed by atoms with Gasteiger partial charge < -0.3 is 5.32 Å². The van der Waals surface area contributed by atoms with Gasteiger partial charge in [0.1, 0.15) is 0 Å². The lowest BCUT2D eigenvalue weighted by atomic mass is 10.1. The van der Waals surface area contributed by atoms with Gasteiger partial charge in [-0.3, -0.25) is 4.79 Å². The van der Waals surface area contributed by atoms with Crippen molar-refractivity contribution in [2.75, 3.05) is 0 Å². The quantitative estimate of drug-likeness (QED) is 0.748. The summed E-state index contributed by atoms with van der Waals surface area (Å²) in [6.45, 7) is 4.33. The van der Waals surface area contributed by atoms with Gasteiger partial charge in [-0.2, -0.15) is 4.68 Å². The smallest absolute Gasteiger partial charge is 0.251 e. The lowest BCUT2D eigenvalue weighted by Gasteiger charge is -2.08. The SMILES string of the molecule is Cc1ccc(-n2nnnc2CNC(=O)c2cccc(Br)c2)cc1C. The molecule has 0 atom stereocenters. The van der Waals surface area contributed by atoms with Crippen molar-refractivity contribution in [1.29, 1.82) is 0 Å². The van der Waals surface area contributed by atoms with E-state index in [-0.39, 0.29) is 12.5 Å². The second-order valence-electron chi connectivity index (χ2n) is 5.47. The highest BCUT2D eigenvalue weighted by molar-refractivity contribution is 9.10. The number of aromatic nitrogens is 4. The van der Waals surface area contributed by atoms with E-state index in [1.165, 1.54) is 5.56 Å². The number of nitrogens with zero attached hydrogens (tertiary/aromatic N) is 4. The van der Waals surface area contributed by atoms with Crippen LogP contribution in [0.2, 0.25) is 0 Å². The number of halogens is 1. The number of carbonyl (C=O) groups is 1. The van der Waals surface area contributed by atoms with Gasteiger partial charge in [-0.15, -0.1) is 5.10 Å². The van der Waals surface area contributed by atoms with Crippen molar-refractivity contribution in [2.24, 2.45) is 0 Å². The van der Waals surface area contributed by atoms with Crippen molar-refractivity contribution in [2.45, 2.75) is 20.4 Å². The molecule has 0 aliphatic heterocycles. The Morgan fingerprint density at radius 1 is 1.17 bits per heavy atom. The van der Waals surface area contributed by atoms with E-state index in [0.29, 0.717) is 11.4 Å². The van der Waals surface area contributed by atoms with Gasteiger partial charge in [0.05, 0.1) is 12.2 Å². The first-order chi connectivity index (χ1) is 11.5. The number of rotatable bonds is 4. The van der Waals surface area contributed by atoms with Crippen LogP contribution in [-0.4, -0.2) is 26.1 Å². The topological polar surface area (TPSA) is 72.7 Å². The van der Waals surface area contributed by atoms with Gasteiger partial charge >= 0.3 is 0 Å². The van der Waals surface area contributed by atoms with Crippen molar-refractivity contribution in [3.63, 3.8) is 0 Å². The van der Waals surface area contributed by atoms with Gasteiger partial charge in [-0.1, -0.05) is 28.1 Å². The Labute approximate surface area is 148 Å². The van der Waals surface area contributed by atoms with Crippen LogP contribution in [0.25, 0.3) is 5.69 Å². The summed E-state index contributed by atoms with van der Waals surface area (Å²) >= 11 is 3.36. The molecule has 0 radical (unpaired) electrons. The predicted molar refractivity (Wildman–Crippen MR) is 93.9 cm³/mol. The minimum atomic E-state index is -0.175. The molecule has 3 rings (SSSR count). The zero-order valence-electron chi connectivity index (χ0n) is 13.3. The van der Waals surface area contributed by atoms with Gasteiger partial charge in [0, 0.05) is 10.0 Å². The Balaban J connectivity index is 1.76. The van der Waals surface area contributed by atoms with E-state index in [0.717, 1.165) is 15.7 Å². The average Bonchev–Trinajstić information content (AvgIpc) is 3.03. The molecule has 3 aromatic rings. The number of hydrogen-bond acceptors (Lipinski definition) is 4. The fourth-order valence-corrected chi connectivity index (χ4v) is 2.66. The normalized spacial score (nSPS) is 10.6. The van der Waals surface area contributed by atoms with Gasteiger partial charge in [0.2, 0.25) is 0 Å². The maximum atomic E-state index is 12.2. The molecule has 1 heterocycles. The third-order valence-corrected chi connectivity index (χ3v) is 4.26. The molecule has 1 N–H and O–H groups in total. The molecule has 0 aliphatic carbocycles. The van der Waals surface area contributed by atoms with E-state index in [2.05, 4.69) is 43.7 Å². The molecule has 7 heteroatoms. The van der Waals surface area contributed by atoms with E-state index in [4.69, 9.17) is 0 Å². The summed E-state index contributed by atoms with van der Waals surface area (Å²) in [7, 11) is 0. The summed E-state index contributed by atoms with van der Waals surface area (Å²) < 4.78 is 2.49. The number of aryl methyl sites for hydroxylation is 2. The molecule has 0 unspecified atom stereocenters. The molecule has 0 saturated heterocycles. The summed E-state index contributed by atoms with van der Waals surface area (Å²) in [6.07, 6.45) is 0. The molecule has 122 valence electrons. The van der Waals surface area contributed by atoms with Gasteiger partial charge in [-0.05, 0) is 65.7 Å². The molecule has 0 bridgehead atoms.